The topological polar surface area (TPSA) is 33.7 Å². The van der Waals surface area contributed by atoms with Gasteiger partial charge >= 0.3 is 0 Å². The molecule has 0 amide bonds. The summed E-state index contributed by atoms with van der Waals surface area (Å²) in [7, 11) is 3.81. The lowest BCUT2D eigenvalue weighted by molar-refractivity contribution is 0.193. The summed E-state index contributed by atoms with van der Waals surface area (Å²) in [6.07, 6.45) is 1.05. The number of nitrogens with one attached hydrogen (secondary N) is 1. The van der Waals surface area contributed by atoms with E-state index in [2.05, 4.69) is 23.3 Å². The number of ether oxygens (including phenoxy) is 2. The monoisotopic (exact) mass is 298 g/mol. The van der Waals surface area contributed by atoms with Crippen LogP contribution < -0.4 is 10.2 Å². The number of likely N-dealkylation sites (N-methyl/N-ethyl adjacent to an activating group) is 1. The number of anilines is 1. The molecule has 1 aromatic carbocycles. The first-order valence-electron chi connectivity index (χ1n) is 7.01. The lowest BCUT2D eigenvalue weighted by atomic mass is 10.1. The zero-order valence-corrected chi connectivity index (χ0v) is 12.9. The molecule has 1 N–H and O–H groups in total. The predicted octanol–water partition coefficient (Wildman–Crippen LogP) is 2.30. The number of halogens is 1. The minimum Gasteiger partial charge on any atom is -0.383 e. The van der Waals surface area contributed by atoms with Crippen LogP contribution in [0.1, 0.15) is 12.0 Å². The summed E-state index contributed by atoms with van der Waals surface area (Å²) >= 11 is 6.41. The number of rotatable bonds is 7. The minimum atomic E-state index is 0.410. The van der Waals surface area contributed by atoms with Crippen molar-refractivity contribution in [2.24, 2.45) is 0 Å². The molecular formula is C15H23ClN2O2. The number of nitrogens with zero attached hydrogens (tertiary/aromatic N) is 1. The number of hydrogen-bond donors (Lipinski definition) is 1. The molecule has 1 aliphatic rings. The highest BCUT2D eigenvalue weighted by atomic mass is 35.5. The Kier molecular flexibility index (Phi) is 6.10. The van der Waals surface area contributed by atoms with Crippen LogP contribution in [0.15, 0.2) is 18.2 Å². The molecule has 1 aromatic rings. The fraction of sp³-hybridized carbons (Fsp3) is 0.600. The molecule has 112 valence electrons. The largest absolute Gasteiger partial charge is 0.383 e. The Bertz CT molecular complexity index is 422. The third kappa shape index (κ3) is 3.85. The van der Waals surface area contributed by atoms with Crippen LogP contribution in [-0.4, -0.2) is 46.6 Å². The van der Waals surface area contributed by atoms with Crippen LogP contribution in [0.25, 0.3) is 0 Å². The second-order valence-electron chi connectivity index (χ2n) is 5.05. The van der Waals surface area contributed by atoms with Crippen molar-refractivity contribution in [3.63, 3.8) is 0 Å². The van der Waals surface area contributed by atoms with Crippen molar-refractivity contribution >= 4 is 17.3 Å². The highest BCUT2D eigenvalue weighted by Crippen LogP contribution is 2.32. The van der Waals surface area contributed by atoms with Crippen LogP contribution in [0.2, 0.25) is 5.02 Å². The summed E-state index contributed by atoms with van der Waals surface area (Å²) in [5.41, 5.74) is 2.32. The standard InChI is InChI=1S/C15H23ClN2O2/c1-18(13-6-8-20-11-13)15-12(4-3-5-14(15)16)10-17-7-9-19-2/h3-5,13,17H,6-11H2,1-2H3. The smallest absolute Gasteiger partial charge is 0.0670 e. The van der Waals surface area contributed by atoms with E-state index in [9.17, 15) is 0 Å². The Labute approximate surface area is 126 Å². The highest BCUT2D eigenvalue weighted by molar-refractivity contribution is 6.33. The van der Waals surface area contributed by atoms with E-state index in [0.29, 0.717) is 12.6 Å². The fourth-order valence-corrected chi connectivity index (χ4v) is 2.83. The average molecular weight is 299 g/mol. The van der Waals surface area contributed by atoms with Crippen LogP contribution in [0.3, 0.4) is 0 Å². The van der Waals surface area contributed by atoms with E-state index in [-0.39, 0.29) is 0 Å². The lowest BCUT2D eigenvalue weighted by Crippen LogP contribution is -2.33. The van der Waals surface area contributed by atoms with Gasteiger partial charge in [0.15, 0.2) is 0 Å². The second-order valence-corrected chi connectivity index (χ2v) is 5.45. The molecule has 0 aromatic heterocycles. The van der Waals surface area contributed by atoms with Gasteiger partial charge in [0.1, 0.15) is 0 Å². The van der Waals surface area contributed by atoms with E-state index in [1.807, 2.05) is 12.1 Å². The number of para-hydroxylation sites is 1. The third-order valence-electron chi connectivity index (χ3n) is 3.67. The van der Waals surface area contributed by atoms with Gasteiger partial charge in [0.05, 0.1) is 30.0 Å². The fourth-order valence-electron chi connectivity index (χ4n) is 2.51. The normalized spacial score (nSPS) is 18.4. The number of methoxy groups -OCH3 is 1. The summed E-state index contributed by atoms with van der Waals surface area (Å²) in [5.74, 6) is 0. The molecule has 0 saturated carbocycles. The van der Waals surface area contributed by atoms with E-state index in [0.717, 1.165) is 43.4 Å². The Balaban J connectivity index is 2.08. The molecule has 5 heteroatoms. The Morgan fingerprint density at radius 1 is 1.50 bits per heavy atom. The summed E-state index contributed by atoms with van der Waals surface area (Å²) in [6, 6.07) is 6.47. The number of hydrogen-bond acceptors (Lipinski definition) is 4. The summed E-state index contributed by atoms with van der Waals surface area (Å²) in [4.78, 5) is 2.25. The maximum absolute atomic E-state index is 6.41. The molecule has 1 aliphatic heterocycles. The summed E-state index contributed by atoms with van der Waals surface area (Å²) in [5, 5.41) is 4.17. The molecule has 1 fully saturated rings. The van der Waals surface area contributed by atoms with Crippen molar-refractivity contribution in [3.05, 3.63) is 28.8 Å². The Morgan fingerprint density at radius 3 is 3.05 bits per heavy atom. The van der Waals surface area contributed by atoms with E-state index in [1.54, 1.807) is 7.11 Å². The molecule has 4 nitrogen and oxygen atoms in total. The number of benzene rings is 1. The maximum atomic E-state index is 6.41. The average Bonchev–Trinajstić information content (AvgIpc) is 2.97. The molecule has 1 atom stereocenters. The first-order chi connectivity index (χ1) is 9.74. The molecule has 1 saturated heterocycles. The van der Waals surface area contributed by atoms with Gasteiger partial charge in [-0.05, 0) is 18.1 Å². The van der Waals surface area contributed by atoms with Gasteiger partial charge in [0.25, 0.3) is 0 Å². The summed E-state index contributed by atoms with van der Waals surface area (Å²) in [6.45, 7) is 3.94. The Morgan fingerprint density at radius 2 is 2.35 bits per heavy atom. The van der Waals surface area contributed by atoms with Crippen molar-refractivity contribution in [1.29, 1.82) is 0 Å². The van der Waals surface area contributed by atoms with Crippen molar-refractivity contribution < 1.29 is 9.47 Å². The third-order valence-corrected chi connectivity index (χ3v) is 3.98. The quantitative estimate of drug-likeness (QED) is 0.783. The molecule has 0 radical (unpaired) electrons. The molecule has 0 bridgehead atoms. The zero-order valence-electron chi connectivity index (χ0n) is 12.2. The van der Waals surface area contributed by atoms with Gasteiger partial charge < -0.3 is 19.7 Å². The second kappa shape index (κ2) is 7.84. The van der Waals surface area contributed by atoms with Crippen molar-refractivity contribution in [1.82, 2.24) is 5.32 Å². The van der Waals surface area contributed by atoms with E-state index in [1.165, 1.54) is 5.56 Å². The van der Waals surface area contributed by atoms with Crippen LogP contribution >= 0.6 is 11.6 Å². The van der Waals surface area contributed by atoms with Gasteiger partial charge in [-0.3, -0.25) is 0 Å². The van der Waals surface area contributed by atoms with Crippen LogP contribution in [0.5, 0.6) is 0 Å². The van der Waals surface area contributed by atoms with Crippen molar-refractivity contribution in [2.75, 3.05) is 45.4 Å². The van der Waals surface area contributed by atoms with E-state index >= 15 is 0 Å². The van der Waals surface area contributed by atoms with Crippen LogP contribution in [0.4, 0.5) is 5.69 Å². The van der Waals surface area contributed by atoms with Crippen LogP contribution in [-0.2, 0) is 16.0 Å². The molecule has 1 unspecified atom stereocenters. The first kappa shape index (κ1) is 15.6. The van der Waals surface area contributed by atoms with Crippen molar-refractivity contribution in [3.8, 4) is 0 Å². The highest BCUT2D eigenvalue weighted by Gasteiger charge is 2.23. The van der Waals surface area contributed by atoms with Gasteiger partial charge in [-0.2, -0.15) is 0 Å². The van der Waals surface area contributed by atoms with Gasteiger partial charge in [-0.1, -0.05) is 23.7 Å². The maximum Gasteiger partial charge on any atom is 0.0670 e. The van der Waals surface area contributed by atoms with E-state index in [4.69, 9.17) is 21.1 Å². The van der Waals surface area contributed by atoms with E-state index < -0.39 is 0 Å². The Hall–Kier alpha value is -0.810. The van der Waals surface area contributed by atoms with Gasteiger partial charge in [0, 0.05) is 33.9 Å². The van der Waals surface area contributed by atoms with Gasteiger partial charge in [-0.25, -0.2) is 0 Å². The first-order valence-corrected chi connectivity index (χ1v) is 7.39. The molecular weight excluding hydrogens is 276 g/mol. The van der Waals surface area contributed by atoms with Gasteiger partial charge in [-0.15, -0.1) is 0 Å². The molecule has 2 rings (SSSR count). The molecule has 1 heterocycles. The molecule has 0 spiro atoms. The lowest BCUT2D eigenvalue weighted by Gasteiger charge is -2.28. The predicted molar refractivity (Wildman–Crippen MR) is 82.7 cm³/mol. The molecule has 0 aliphatic carbocycles. The zero-order chi connectivity index (χ0) is 14.4. The SMILES string of the molecule is COCCNCc1cccc(Cl)c1N(C)C1CCOC1. The summed E-state index contributed by atoms with van der Waals surface area (Å²) < 4.78 is 10.5. The molecule has 20 heavy (non-hydrogen) atoms. The minimum absolute atomic E-state index is 0.410. The van der Waals surface area contributed by atoms with Gasteiger partial charge in [0.2, 0.25) is 0 Å². The van der Waals surface area contributed by atoms with Crippen LogP contribution in [0, 0.1) is 0 Å². The van der Waals surface area contributed by atoms with Crippen molar-refractivity contribution in [2.45, 2.75) is 19.0 Å².